The Morgan fingerprint density at radius 2 is 2.18 bits per heavy atom. The lowest BCUT2D eigenvalue weighted by Gasteiger charge is -2.09. The highest BCUT2D eigenvalue weighted by Gasteiger charge is 2.07. The number of guanidine groups is 1. The second-order valence-electron chi connectivity index (χ2n) is 3.11. The highest BCUT2D eigenvalue weighted by atomic mass is 32.2. The Labute approximate surface area is 102 Å². The maximum absolute atomic E-state index is 11.3. The minimum Gasteiger partial charge on any atom is -0.383 e. The first-order valence-electron chi connectivity index (χ1n) is 5.27. The molecule has 0 aliphatic rings. The zero-order valence-electron chi connectivity index (χ0n) is 10.2. The molecule has 0 aliphatic carbocycles. The Balaban J connectivity index is 3.95. The van der Waals surface area contributed by atoms with E-state index in [1.54, 1.807) is 14.0 Å². The smallest absolute Gasteiger partial charge is 0.213 e. The highest BCUT2D eigenvalue weighted by molar-refractivity contribution is 7.89. The van der Waals surface area contributed by atoms with Crippen LogP contribution < -0.4 is 21.3 Å². The summed E-state index contributed by atoms with van der Waals surface area (Å²) in [7, 11) is -1.65. The number of hydrogen-bond donors (Lipinski definition) is 4. The molecule has 5 N–H and O–H groups in total. The van der Waals surface area contributed by atoms with E-state index in [4.69, 9.17) is 10.6 Å². The van der Waals surface area contributed by atoms with Crippen molar-refractivity contribution in [3.05, 3.63) is 0 Å². The Kier molecular flexibility index (Phi) is 8.68. The minimum absolute atomic E-state index is 0.0359. The van der Waals surface area contributed by atoms with Crippen molar-refractivity contribution in [2.75, 3.05) is 39.1 Å². The van der Waals surface area contributed by atoms with Crippen LogP contribution in [0.15, 0.2) is 4.99 Å². The number of hydrogen-bond acceptors (Lipinski definition) is 5. The van der Waals surface area contributed by atoms with Crippen molar-refractivity contribution in [3.63, 3.8) is 0 Å². The van der Waals surface area contributed by atoms with Gasteiger partial charge in [-0.05, 0) is 0 Å². The maximum Gasteiger partial charge on any atom is 0.213 e. The van der Waals surface area contributed by atoms with Gasteiger partial charge in [0.05, 0.1) is 18.9 Å². The molecule has 8 nitrogen and oxygen atoms in total. The van der Waals surface area contributed by atoms with Crippen molar-refractivity contribution in [1.82, 2.24) is 15.5 Å². The van der Waals surface area contributed by atoms with Crippen LogP contribution in [0.4, 0.5) is 0 Å². The summed E-state index contributed by atoms with van der Waals surface area (Å²) in [6.45, 7) is 3.26. The van der Waals surface area contributed by atoms with E-state index in [0.717, 1.165) is 0 Å². The fraction of sp³-hybridized carbons (Fsp3) is 0.875. The SMILES string of the molecule is CCNS(=O)(=O)CCNC(=NCCOC)NN. The molecule has 0 saturated carbocycles. The third-order valence-corrected chi connectivity index (χ3v) is 3.20. The van der Waals surface area contributed by atoms with Gasteiger partial charge in [-0.2, -0.15) is 0 Å². The molecule has 0 aromatic heterocycles. The van der Waals surface area contributed by atoms with E-state index in [1.807, 2.05) is 0 Å². The Bertz CT molecular complexity index is 317. The largest absolute Gasteiger partial charge is 0.383 e. The average Bonchev–Trinajstić information content (AvgIpc) is 2.27. The molecule has 0 unspecified atom stereocenters. The van der Waals surface area contributed by atoms with Gasteiger partial charge in [0.25, 0.3) is 0 Å². The summed E-state index contributed by atoms with van der Waals surface area (Å²) in [6.07, 6.45) is 0. The molecule has 0 bridgehead atoms. The summed E-state index contributed by atoms with van der Waals surface area (Å²) in [4.78, 5) is 4.03. The van der Waals surface area contributed by atoms with Crippen molar-refractivity contribution in [2.45, 2.75) is 6.92 Å². The van der Waals surface area contributed by atoms with Gasteiger partial charge in [0.15, 0.2) is 0 Å². The summed E-state index contributed by atoms with van der Waals surface area (Å²) in [5.41, 5.74) is 2.35. The van der Waals surface area contributed by atoms with Crippen LogP contribution in [-0.4, -0.2) is 53.5 Å². The van der Waals surface area contributed by atoms with Crippen molar-refractivity contribution in [1.29, 1.82) is 0 Å². The lowest BCUT2D eigenvalue weighted by molar-refractivity contribution is 0.208. The zero-order chi connectivity index (χ0) is 13.1. The number of sulfonamides is 1. The van der Waals surface area contributed by atoms with Crippen LogP contribution in [0.5, 0.6) is 0 Å². The molecule has 0 rings (SSSR count). The van der Waals surface area contributed by atoms with E-state index in [0.29, 0.717) is 25.7 Å². The zero-order valence-corrected chi connectivity index (χ0v) is 11.0. The van der Waals surface area contributed by atoms with E-state index in [1.165, 1.54) is 0 Å². The van der Waals surface area contributed by atoms with Crippen LogP contribution in [0.3, 0.4) is 0 Å². The number of methoxy groups -OCH3 is 1. The van der Waals surface area contributed by atoms with Crippen molar-refractivity contribution < 1.29 is 13.2 Å². The molecule has 0 amide bonds. The summed E-state index contributed by atoms with van der Waals surface area (Å²) in [5.74, 6) is 5.52. The predicted molar refractivity (Wildman–Crippen MR) is 67.0 cm³/mol. The van der Waals surface area contributed by atoms with Crippen LogP contribution in [0.1, 0.15) is 6.92 Å². The summed E-state index contributed by atoms with van der Waals surface area (Å²) in [5, 5.41) is 2.78. The third-order valence-electron chi connectivity index (χ3n) is 1.73. The van der Waals surface area contributed by atoms with Gasteiger partial charge in [-0.25, -0.2) is 24.0 Å². The Morgan fingerprint density at radius 1 is 1.47 bits per heavy atom. The average molecular weight is 267 g/mol. The first-order chi connectivity index (χ1) is 8.05. The molecule has 0 aromatic rings. The Morgan fingerprint density at radius 3 is 2.71 bits per heavy atom. The molecular formula is C8H21N5O3S. The molecule has 17 heavy (non-hydrogen) atoms. The van der Waals surface area contributed by atoms with Gasteiger partial charge in [0.1, 0.15) is 0 Å². The molecule has 0 heterocycles. The number of nitrogens with two attached hydrogens (primary N) is 1. The molecule has 0 saturated heterocycles. The molecular weight excluding hydrogens is 246 g/mol. The van der Waals surface area contributed by atoms with E-state index < -0.39 is 10.0 Å². The van der Waals surface area contributed by atoms with Crippen LogP contribution >= 0.6 is 0 Å². The van der Waals surface area contributed by atoms with E-state index >= 15 is 0 Å². The Hall–Kier alpha value is -0.900. The fourth-order valence-corrected chi connectivity index (χ4v) is 1.95. The number of hydrazine groups is 1. The van der Waals surface area contributed by atoms with Gasteiger partial charge in [0.2, 0.25) is 16.0 Å². The van der Waals surface area contributed by atoms with E-state index in [2.05, 4.69) is 20.5 Å². The molecule has 102 valence electrons. The summed E-state index contributed by atoms with van der Waals surface area (Å²) >= 11 is 0. The predicted octanol–water partition coefficient (Wildman–Crippen LogP) is -2.02. The number of ether oxygens (including phenoxy) is 1. The molecule has 0 atom stereocenters. The first kappa shape index (κ1) is 16.1. The van der Waals surface area contributed by atoms with Crippen LogP contribution in [0.25, 0.3) is 0 Å². The quantitative estimate of drug-likeness (QED) is 0.133. The number of aliphatic imine (C=N–C) groups is 1. The minimum atomic E-state index is -3.22. The van der Waals surface area contributed by atoms with E-state index in [9.17, 15) is 8.42 Å². The lowest BCUT2D eigenvalue weighted by atomic mass is 10.7. The van der Waals surface area contributed by atoms with Crippen LogP contribution in [-0.2, 0) is 14.8 Å². The van der Waals surface area contributed by atoms with Gasteiger partial charge in [0, 0.05) is 20.2 Å². The van der Waals surface area contributed by atoms with E-state index in [-0.39, 0.29) is 12.3 Å². The van der Waals surface area contributed by atoms with Crippen molar-refractivity contribution in [3.8, 4) is 0 Å². The number of rotatable bonds is 8. The van der Waals surface area contributed by atoms with Crippen LogP contribution in [0.2, 0.25) is 0 Å². The van der Waals surface area contributed by atoms with Gasteiger partial charge in [-0.15, -0.1) is 0 Å². The molecule has 0 fully saturated rings. The van der Waals surface area contributed by atoms with Gasteiger partial charge >= 0.3 is 0 Å². The second-order valence-corrected chi connectivity index (χ2v) is 5.04. The number of nitrogens with one attached hydrogen (secondary N) is 3. The summed E-state index contributed by atoms with van der Waals surface area (Å²) in [6, 6.07) is 0. The standard InChI is InChI=1S/C8H21N5O3S/c1-3-12-17(14,15)7-5-11-8(13-9)10-4-6-16-2/h12H,3-7,9H2,1-2H3,(H2,10,11,13). The topological polar surface area (TPSA) is 118 Å². The van der Waals surface area contributed by atoms with Gasteiger partial charge < -0.3 is 10.1 Å². The maximum atomic E-state index is 11.3. The molecule has 0 radical (unpaired) electrons. The molecule has 0 spiro atoms. The number of nitrogens with zero attached hydrogens (tertiary/aromatic N) is 1. The van der Waals surface area contributed by atoms with Gasteiger partial charge in [-0.3, -0.25) is 5.43 Å². The van der Waals surface area contributed by atoms with Gasteiger partial charge in [-0.1, -0.05) is 6.92 Å². The normalized spacial score (nSPS) is 12.5. The molecule has 0 aliphatic heterocycles. The highest BCUT2D eigenvalue weighted by Crippen LogP contribution is 1.82. The monoisotopic (exact) mass is 267 g/mol. The summed E-state index contributed by atoms with van der Waals surface area (Å²) < 4.78 is 29.8. The third kappa shape index (κ3) is 8.86. The second kappa shape index (κ2) is 9.16. The van der Waals surface area contributed by atoms with Crippen LogP contribution in [0, 0.1) is 0 Å². The van der Waals surface area contributed by atoms with Crippen molar-refractivity contribution >= 4 is 16.0 Å². The molecule has 0 aromatic carbocycles. The van der Waals surface area contributed by atoms with Crippen molar-refractivity contribution in [2.24, 2.45) is 10.8 Å². The lowest BCUT2D eigenvalue weighted by Crippen LogP contribution is -2.44. The molecule has 9 heteroatoms. The first-order valence-corrected chi connectivity index (χ1v) is 6.92. The fourth-order valence-electron chi connectivity index (χ4n) is 0.997.